The van der Waals surface area contributed by atoms with E-state index in [4.69, 9.17) is 19.9 Å². The average molecular weight is 294 g/mol. The SMILES string of the molecule is COC(=O)C1(N)CCN(c2cc(OC)ccc2OC)CC1. The van der Waals surface area contributed by atoms with E-state index in [1.54, 1.807) is 14.2 Å². The molecule has 0 radical (unpaired) electrons. The molecular formula is C15H22N2O4. The molecule has 0 amide bonds. The van der Waals surface area contributed by atoms with Crippen LogP contribution < -0.4 is 20.1 Å². The highest BCUT2D eigenvalue weighted by atomic mass is 16.5. The number of benzene rings is 1. The molecule has 0 bridgehead atoms. The molecule has 1 heterocycles. The molecule has 6 heteroatoms. The molecule has 1 aliphatic rings. The van der Waals surface area contributed by atoms with Crippen molar-refractivity contribution in [1.29, 1.82) is 0 Å². The van der Waals surface area contributed by atoms with Gasteiger partial charge in [0.05, 0.1) is 27.0 Å². The fourth-order valence-electron chi connectivity index (χ4n) is 2.60. The van der Waals surface area contributed by atoms with Gasteiger partial charge in [-0.1, -0.05) is 0 Å². The number of rotatable bonds is 4. The molecule has 0 saturated carbocycles. The number of nitrogens with zero attached hydrogens (tertiary/aromatic N) is 1. The topological polar surface area (TPSA) is 74.0 Å². The zero-order valence-corrected chi connectivity index (χ0v) is 12.7. The van der Waals surface area contributed by atoms with E-state index in [2.05, 4.69) is 4.90 Å². The Labute approximate surface area is 124 Å². The third-order valence-electron chi connectivity index (χ3n) is 3.97. The van der Waals surface area contributed by atoms with Crippen molar-refractivity contribution in [3.8, 4) is 11.5 Å². The maximum Gasteiger partial charge on any atom is 0.325 e. The molecule has 6 nitrogen and oxygen atoms in total. The van der Waals surface area contributed by atoms with Crippen LogP contribution in [0.5, 0.6) is 11.5 Å². The summed E-state index contributed by atoms with van der Waals surface area (Å²) >= 11 is 0. The predicted octanol–water partition coefficient (Wildman–Crippen LogP) is 1.17. The van der Waals surface area contributed by atoms with Gasteiger partial charge in [-0.25, -0.2) is 0 Å². The minimum atomic E-state index is -0.892. The van der Waals surface area contributed by atoms with Gasteiger partial charge in [-0.05, 0) is 25.0 Å². The van der Waals surface area contributed by atoms with Crippen LogP contribution in [-0.2, 0) is 9.53 Å². The summed E-state index contributed by atoms with van der Waals surface area (Å²) in [6.45, 7) is 1.32. The Hall–Kier alpha value is -1.95. The first-order chi connectivity index (χ1) is 10.0. The van der Waals surface area contributed by atoms with Gasteiger partial charge in [0.25, 0.3) is 0 Å². The Morgan fingerprint density at radius 2 is 1.86 bits per heavy atom. The van der Waals surface area contributed by atoms with Gasteiger partial charge >= 0.3 is 5.97 Å². The summed E-state index contributed by atoms with van der Waals surface area (Å²) in [6.07, 6.45) is 1.08. The molecule has 1 fully saturated rings. The van der Waals surface area contributed by atoms with E-state index < -0.39 is 5.54 Å². The molecule has 0 atom stereocenters. The van der Waals surface area contributed by atoms with Crippen molar-refractivity contribution in [1.82, 2.24) is 0 Å². The zero-order valence-electron chi connectivity index (χ0n) is 12.7. The second-order valence-electron chi connectivity index (χ2n) is 5.17. The van der Waals surface area contributed by atoms with E-state index in [1.807, 2.05) is 18.2 Å². The molecular weight excluding hydrogens is 272 g/mol. The van der Waals surface area contributed by atoms with E-state index >= 15 is 0 Å². The van der Waals surface area contributed by atoms with Crippen LogP contribution in [0.4, 0.5) is 5.69 Å². The van der Waals surface area contributed by atoms with Gasteiger partial charge < -0.3 is 24.8 Å². The minimum absolute atomic E-state index is 0.347. The fourth-order valence-corrected chi connectivity index (χ4v) is 2.60. The third kappa shape index (κ3) is 3.05. The van der Waals surface area contributed by atoms with E-state index in [0.717, 1.165) is 17.2 Å². The number of hydrogen-bond donors (Lipinski definition) is 1. The quantitative estimate of drug-likeness (QED) is 0.840. The van der Waals surface area contributed by atoms with Gasteiger partial charge in [0.2, 0.25) is 0 Å². The molecule has 0 aliphatic carbocycles. The molecule has 1 saturated heterocycles. The Bertz CT molecular complexity index is 510. The van der Waals surface area contributed by atoms with Crippen molar-refractivity contribution < 1.29 is 19.0 Å². The maximum absolute atomic E-state index is 11.7. The molecule has 0 aromatic heterocycles. The van der Waals surface area contributed by atoms with Gasteiger partial charge in [0, 0.05) is 19.2 Å². The highest BCUT2D eigenvalue weighted by Crippen LogP contribution is 2.35. The Morgan fingerprint density at radius 1 is 1.19 bits per heavy atom. The standard InChI is InChI=1S/C15H22N2O4/c1-19-11-4-5-13(20-2)12(10-11)17-8-6-15(16,7-9-17)14(18)21-3/h4-5,10H,6-9,16H2,1-3H3. The number of piperidine rings is 1. The number of anilines is 1. The second-order valence-corrected chi connectivity index (χ2v) is 5.17. The molecule has 1 aromatic carbocycles. The minimum Gasteiger partial charge on any atom is -0.497 e. The number of nitrogens with two attached hydrogens (primary N) is 1. The highest BCUT2D eigenvalue weighted by Gasteiger charge is 2.39. The largest absolute Gasteiger partial charge is 0.497 e. The van der Waals surface area contributed by atoms with Crippen LogP contribution >= 0.6 is 0 Å². The number of esters is 1. The van der Waals surface area contributed by atoms with Gasteiger partial charge in [0.15, 0.2) is 0 Å². The van der Waals surface area contributed by atoms with Gasteiger partial charge in [0.1, 0.15) is 17.0 Å². The molecule has 0 unspecified atom stereocenters. The second kappa shape index (κ2) is 6.22. The predicted molar refractivity (Wildman–Crippen MR) is 79.9 cm³/mol. The van der Waals surface area contributed by atoms with Crippen molar-refractivity contribution in [3.05, 3.63) is 18.2 Å². The molecule has 2 N–H and O–H groups in total. The first kappa shape index (κ1) is 15.4. The highest BCUT2D eigenvalue weighted by molar-refractivity contribution is 5.81. The van der Waals surface area contributed by atoms with Gasteiger partial charge in [-0.2, -0.15) is 0 Å². The van der Waals surface area contributed by atoms with Crippen molar-refractivity contribution in [2.45, 2.75) is 18.4 Å². The number of hydrogen-bond acceptors (Lipinski definition) is 6. The van der Waals surface area contributed by atoms with Crippen LogP contribution in [0.15, 0.2) is 18.2 Å². The van der Waals surface area contributed by atoms with Crippen LogP contribution in [0.25, 0.3) is 0 Å². The van der Waals surface area contributed by atoms with E-state index in [0.29, 0.717) is 25.9 Å². The molecule has 1 aliphatic heterocycles. The summed E-state index contributed by atoms with van der Waals surface area (Å²) in [7, 11) is 4.63. The first-order valence-electron chi connectivity index (χ1n) is 6.88. The lowest BCUT2D eigenvalue weighted by atomic mass is 9.88. The van der Waals surface area contributed by atoms with Crippen LogP contribution in [0, 0.1) is 0 Å². The maximum atomic E-state index is 11.7. The number of methoxy groups -OCH3 is 3. The Morgan fingerprint density at radius 3 is 2.38 bits per heavy atom. The summed E-state index contributed by atoms with van der Waals surface area (Å²) in [5.74, 6) is 1.20. The van der Waals surface area contributed by atoms with Crippen LogP contribution in [0.2, 0.25) is 0 Å². The zero-order chi connectivity index (χ0) is 15.5. The lowest BCUT2D eigenvalue weighted by Crippen LogP contribution is -2.56. The summed E-state index contributed by atoms with van der Waals surface area (Å²) < 4.78 is 15.4. The van der Waals surface area contributed by atoms with Gasteiger partial charge in [-0.3, -0.25) is 4.79 Å². The first-order valence-corrected chi connectivity index (χ1v) is 6.88. The number of carbonyl (C=O) groups is 1. The van der Waals surface area contributed by atoms with Crippen LogP contribution in [-0.4, -0.2) is 45.9 Å². The average Bonchev–Trinajstić information content (AvgIpc) is 2.54. The van der Waals surface area contributed by atoms with Crippen molar-refractivity contribution >= 4 is 11.7 Å². The van der Waals surface area contributed by atoms with Crippen LogP contribution in [0.1, 0.15) is 12.8 Å². The Kier molecular flexibility index (Phi) is 4.57. The summed E-state index contributed by atoms with van der Waals surface area (Å²) in [5.41, 5.74) is 6.18. The smallest absolute Gasteiger partial charge is 0.325 e. The molecule has 21 heavy (non-hydrogen) atoms. The molecule has 1 aromatic rings. The van der Waals surface area contributed by atoms with Crippen LogP contribution in [0.3, 0.4) is 0 Å². The monoisotopic (exact) mass is 294 g/mol. The van der Waals surface area contributed by atoms with Gasteiger partial charge in [-0.15, -0.1) is 0 Å². The van der Waals surface area contributed by atoms with Crippen molar-refractivity contribution in [3.63, 3.8) is 0 Å². The lowest BCUT2D eigenvalue weighted by Gasteiger charge is -2.38. The van der Waals surface area contributed by atoms with Crippen molar-refractivity contribution in [2.75, 3.05) is 39.3 Å². The molecule has 2 rings (SSSR count). The molecule has 116 valence electrons. The number of ether oxygens (including phenoxy) is 3. The van der Waals surface area contributed by atoms with E-state index in [1.165, 1.54) is 7.11 Å². The summed E-state index contributed by atoms with van der Waals surface area (Å²) in [5, 5.41) is 0. The lowest BCUT2D eigenvalue weighted by molar-refractivity contribution is -0.147. The molecule has 0 spiro atoms. The van der Waals surface area contributed by atoms with E-state index in [-0.39, 0.29) is 5.97 Å². The van der Waals surface area contributed by atoms with Crippen molar-refractivity contribution in [2.24, 2.45) is 5.73 Å². The number of carbonyl (C=O) groups excluding carboxylic acids is 1. The summed E-state index contributed by atoms with van der Waals surface area (Å²) in [4.78, 5) is 13.9. The third-order valence-corrected chi connectivity index (χ3v) is 3.97. The van der Waals surface area contributed by atoms with E-state index in [9.17, 15) is 4.79 Å². The Balaban J connectivity index is 2.17. The summed E-state index contributed by atoms with van der Waals surface area (Å²) in [6, 6.07) is 5.66. The fraction of sp³-hybridized carbons (Fsp3) is 0.533. The normalized spacial score (nSPS) is 17.2.